The minimum atomic E-state index is -0.563. The van der Waals surface area contributed by atoms with Crippen molar-refractivity contribution in [2.75, 3.05) is 0 Å². The number of rotatable bonds is 1. The molecule has 4 nitrogen and oxygen atoms in total. The van der Waals surface area contributed by atoms with Gasteiger partial charge in [-0.05, 0) is 38.0 Å². The summed E-state index contributed by atoms with van der Waals surface area (Å²) < 4.78 is 0. The van der Waals surface area contributed by atoms with Gasteiger partial charge in [0, 0.05) is 11.1 Å². The van der Waals surface area contributed by atoms with Crippen LogP contribution in [0.3, 0.4) is 0 Å². The summed E-state index contributed by atoms with van der Waals surface area (Å²) in [6, 6.07) is -0.563. The Hall–Kier alpha value is -1.06. The monoisotopic (exact) mass is 195 g/mol. The van der Waals surface area contributed by atoms with E-state index in [4.69, 9.17) is 5.73 Å². The fraction of sp³-hybridized carbons (Fsp3) is 0.800. The summed E-state index contributed by atoms with van der Waals surface area (Å²) in [4.78, 5) is 10.6. The van der Waals surface area contributed by atoms with Gasteiger partial charge in [0.25, 0.3) is 0 Å². The predicted molar refractivity (Wildman–Crippen MR) is 54.8 cm³/mol. The molecular formula is C10H17N3O. The van der Waals surface area contributed by atoms with E-state index < -0.39 is 6.03 Å². The van der Waals surface area contributed by atoms with E-state index in [0.717, 1.165) is 12.1 Å². The number of nitrogens with two attached hydrogens (primary N) is 1. The van der Waals surface area contributed by atoms with E-state index >= 15 is 0 Å². The van der Waals surface area contributed by atoms with Crippen LogP contribution in [0, 0.1) is 11.3 Å². The molecule has 3 N–H and O–H groups in total. The standard InChI is InChI=1S/C10H17N3O/c1-7-3-2-4-8(10(7)5-6-10)12-13-9(11)14/h7H,2-6H2,1H3,(H3,11,13,14). The van der Waals surface area contributed by atoms with Crippen molar-refractivity contribution in [1.29, 1.82) is 0 Å². The maximum absolute atomic E-state index is 10.6. The second-order valence-corrected chi connectivity index (χ2v) is 4.48. The number of carbonyl (C=O) groups is 1. The number of amides is 2. The molecule has 2 saturated carbocycles. The number of hydrazone groups is 1. The first-order valence-electron chi connectivity index (χ1n) is 5.27. The average molecular weight is 195 g/mol. The van der Waals surface area contributed by atoms with E-state index in [9.17, 15) is 4.79 Å². The fourth-order valence-corrected chi connectivity index (χ4v) is 2.59. The molecule has 0 aliphatic heterocycles. The van der Waals surface area contributed by atoms with Crippen LogP contribution >= 0.6 is 0 Å². The molecule has 0 radical (unpaired) electrons. The zero-order chi connectivity index (χ0) is 10.2. The van der Waals surface area contributed by atoms with Gasteiger partial charge in [-0.15, -0.1) is 0 Å². The Morgan fingerprint density at radius 3 is 2.93 bits per heavy atom. The van der Waals surface area contributed by atoms with Crippen LogP contribution in [0.15, 0.2) is 5.10 Å². The van der Waals surface area contributed by atoms with Crippen molar-refractivity contribution in [3.63, 3.8) is 0 Å². The van der Waals surface area contributed by atoms with Gasteiger partial charge in [0.15, 0.2) is 0 Å². The van der Waals surface area contributed by atoms with Crippen molar-refractivity contribution in [3.05, 3.63) is 0 Å². The van der Waals surface area contributed by atoms with E-state index in [1.54, 1.807) is 0 Å². The van der Waals surface area contributed by atoms with Crippen LogP contribution in [-0.2, 0) is 0 Å². The average Bonchev–Trinajstić information content (AvgIpc) is 2.89. The number of nitrogens with zero attached hydrogens (tertiary/aromatic N) is 1. The van der Waals surface area contributed by atoms with Crippen molar-refractivity contribution in [2.24, 2.45) is 22.2 Å². The second kappa shape index (κ2) is 3.26. The molecule has 2 rings (SSSR count). The van der Waals surface area contributed by atoms with E-state index in [-0.39, 0.29) is 0 Å². The fourth-order valence-electron chi connectivity index (χ4n) is 2.59. The molecule has 2 aliphatic carbocycles. The van der Waals surface area contributed by atoms with E-state index in [2.05, 4.69) is 17.5 Å². The lowest BCUT2D eigenvalue weighted by Gasteiger charge is -2.30. The zero-order valence-electron chi connectivity index (χ0n) is 8.55. The van der Waals surface area contributed by atoms with Gasteiger partial charge in [0.1, 0.15) is 0 Å². The smallest absolute Gasteiger partial charge is 0.332 e. The lowest BCUT2D eigenvalue weighted by molar-refractivity contribution is 0.249. The molecule has 0 aromatic heterocycles. The number of nitrogens with one attached hydrogen (secondary N) is 1. The molecular weight excluding hydrogens is 178 g/mol. The molecule has 0 aromatic rings. The Labute approximate surface area is 83.9 Å². The van der Waals surface area contributed by atoms with Crippen molar-refractivity contribution in [3.8, 4) is 0 Å². The summed E-state index contributed by atoms with van der Waals surface area (Å²) >= 11 is 0. The Bertz CT molecular complexity index is 281. The molecule has 2 fully saturated rings. The first kappa shape index (κ1) is 9.49. The highest BCUT2D eigenvalue weighted by Crippen LogP contribution is 2.57. The molecule has 4 heteroatoms. The zero-order valence-corrected chi connectivity index (χ0v) is 8.55. The topological polar surface area (TPSA) is 67.5 Å². The second-order valence-electron chi connectivity index (χ2n) is 4.48. The minimum Gasteiger partial charge on any atom is -0.350 e. The molecule has 0 bridgehead atoms. The summed E-state index contributed by atoms with van der Waals surface area (Å²) in [7, 11) is 0. The van der Waals surface area contributed by atoms with Gasteiger partial charge in [-0.25, -0.2) is 10.2 Å². The molecule has 2 amide bonds. The quantitative estimate of drug-likeness (QED) is 0.613. The van der Waals surface area contributed by atoms with Gasteiger partial charge in [-0.1, -0.05) is 6.92 Å². The summed E-state index contributed by atoms with van der Waals surface area (Å²) in [6.45, 7) is 2.28. The third-order valence-electron chi connectivity index (χ3n) is 3.66. The minimum absolute atomic E-state index is 0.320. The summed E-state index contributed by atoms with van der Waals surface area (Å²) in [6.07, 6.45) is 5.95. The van der Waals surface area contributed by atoms with Gasteiger partial charge in [0.05, 0.1) is 0 Å². The van der Waals surface area contributed by atoms with Crippen LogP contribution in [0.1, 0.15) is 39.0 Å². The first-order chi connectivity index (χ1) is 6.65. The van der Waals surface area contributed by atoms with E-state index in [1.807, 2.05) is 0 Å². The van der Waals surface area contributed by atoms with Crippen molar-refractivity contribution < 1.29 is 4.79 Å². The Morgan fingerprint density at radius 1 is 1.64 bits per heavy atom. The van der Waals surface area contributed by atoms with Crippen LogP contribution < -0.4 is 11.2 Å². The van der Waals surface area contributed by atoms with E-state index in [0.29, 0.717) is 11.3 Å². The number of primary amides is 1. The molecule has 1 unspecified atom stereocenters. The molecule has 1 spiro atoms. The van der Waals surface area contributed by atoms with Crippen LogP contribution in [0.2, 0.25) is 0 Å². The predicted octanol–water partition coefficient (Wildman–Crippen LogP) is 1.61. The highest BCUT2D eigenvalue weighted by Gasteiger charge is 2.52. The molecule has 1 atom stereocenters. The number of hydrogen-bond acceptors (Lipinski definition) is 2. The highest BCUT2D eigenvalue weighted by atomic mass is 16.2. The molecule has 78 valence electrons. The lowest BCUT2D eigenvalue weighted by Crippen LogP contribution is -2.33. The van der Waals surface area contributed by atoms with Gasteiger partial charge < -0.3 is 5.73 Å². The number of carbonyl (C=O) groups excluding carboxylic acids is 1. The van der Waals surface area contributed by atoms with Gasteiger partial charge in [-0.3, -0.25) is 0 Å². The number of urea groups is 1. The van der Waals surface area contributed by atoms with Crippen molar-refractivity contribution in [1.82, 2.24) is 5.43 Å². The van der Waals surface area contributed by atoms with Crippen LogP contribution in [-0.4, -0.2) is 11.7 Å². The van der Waals surface area contributed by atoms with Crippen molar-refractivity contribution in [2.45, 2.75) is 39.0 Å². The molecule has 0 saturated heterocycles. The maximum Gasteiger partial charge on any atom is 0.332 e. The van der Waals surface area contributed by atoms with Crippen LogP contribution in [0.25, 0.3) is 0 Å². The maximum atomic E-state index is 10.6. The van der Waals surface area contributed by atoms with Crippen LogP contribution in [0.4, 0.5) is 4.79 Å². The third-order valence-corrected chi connectivity index (χ3v) is 3.66. The largest absolute Gasteiger partial charge is 0.350 e. The van der Waals surface area contributed by atoms with E-state index in [1.165, 1.54) is 25.7 Å². The summed E-state index contributed by atoms with van der Waals surface area (Å²) in [5, 5.41) is 4.14. The van der Waals surface area contributed by atoms with Gasteiger partial charge >= 0.3 is 6.03 Å². The summed E-state index contributed by atoms with van der Waals surface area (Å²) in [5.74, 6) is 0.713. The Kier molecular flexibility index (Phi) is 2.21. The highest BCUT2D eigenvalue weighted by molar-refractivity contribution is 5.94. The molecule has 14 heavy (non-hydrogen) atoms. The molecule has 0 aromatic carbocycles. The molecule has 0 heterocycles. The lowest BCUT2D eigenvalue weighted by atomic mass is 9.76. The third kappa shape index (κ3) is 1.49. The first-order valence-corrected chi connectivity index (χ1v) is 5.27. The summed E-state index contributed by atoms with van der Waals surface area (Å²) in [5.41, 5.74) is 8.84. The SMILES string of the molecule is CC1CCCC(=NNC(N)=O)C12CC2. The normalized spacial score (nSPS) is 31.8. The van der Waals surface area contributed by atoms with Crippen LogP contribution in [0.5, 0.6) is 0 Å². The Balaban J connectivity index is 2.10. The van der Waals surface area contributed by atoms with Gasteiger partial charge in [-0.2, -0.15) is 5.10 Å². The molecule has 2 aliphatic rings. The van der Waals surface area contributed by atoms with Gasteiger partial charge in [0.2, 0.25) is 0 Å². The van der Waals surface area contributed by atoms with Crippen molar-refractivity contribution >= 4 is 11.7 Å². The Morgan fingerprint density at radius 2 is 2.36 bits per heavy atom. The number of hydrogen-bond donors (Lipinski definition) is 2.